The number of carbonyl (C=O) groups excluding carboxylic acids is 1. The highest BCUT2D eigenvalue weighted by Crippen LogP contribution is 2.33. The molecule has 36 heavy (non-hydrogen) atoms. The maximum Gasteiger partial charge on any atom is 0.264 e. The maximum absolute atomic E-state index is 13.7. The number of rotatable bonds is 10. The number of nitrogens with zero attached hydrogens (tertiary/aromatic N) is 1. The van der Waals surface area contributed by atoms with Gasteiger partial charge >= 0.3 is 0 Å². The van der Waals surface area contributed by atoms with Crippen molar-refractivity contribution in [2.45, 2.75) is 23.3 Å². The minimum absolute atomic E-state index is 0.105. The van der Waals surface area contributed by atoms with Gasteiger partial charge in [-0.3, -0.25) is 9.10 Å². The molecule has 0 aliphatic heterocycles. The summed E-state index contributed by atoms with van der Waals surface area (Å²) in [6.45, 7) is 2.09. The van der Waals surface area contributed by atoms with Crippen LogP contribution in [-0.4, -0.2) is 33.7 Å². The molecular formula is C28H28N2O4S2. The van der Waals surface area contributed by atoms with Crippen molar-refractivity contribution in [2.24, 2.45) is 0 Å². The molecule has 0 radical (unpaired) electrons. The minimum Gasteiger partial charge on any atom is -0.492 e. The number of hydrogen-bond acceptors (Lipinski definition) is 5. The summed E-state index contributed by atoms with van der Waals surface area (Å²) in [5, 5.41) is 5.06. The van der Waals surface area contributed by atoms with E-state index < -0.39 is 15.9 Å². The molecule has 4 rings (SSSR count). The Kier molecular flexibility index (Phi) is 8.18. The Morgan fingerprint density at radius 2 is 1.61 bits per heavy atom. The quantitative estimate of drug-likeness (QED) is 0.281. The topological polar surface area (TPSA) is 75.7 Å². The Bertz CT molecular complexity index is 1450. The molecule has 0 unspecified atom stereocenters. The summed E-state index contributed by atoms with van der Waals surface area (Å²) in [7, 11) is -4.04. The van der Waals surface area contributed by atoms with Gasteiger partial charge in [-0.05, 0) is 72.0 Å². The molecule has 0 spiro atoms. The molecule has 1 amide bonds. The number of benzene rings is 4. The highest BCUT2D eigenvalue weighted by Gasteiger charge is 2.29. The number of fused-ring (bicyclic) bond motifs is 1. The van der Waals surface area contributed by atoms with Crippen molar-refractivity contribution in [2.75, 3.05) is 23.7 Å². The molecule has 1 N–H and O–H groups in total. The smallest absolute Gasteiger partial charge is 0.264 e. The fourth-order valence-corrected chi connectivity index (χ4v) is 5.69. The molecule has 0 aliphatic rings. The fourth-order valence-electron chi connectivity index (χ4n) is 3.85. The van der Waals surface area contributed by atoms with Gasteiger partial charge in [0.05, 0.1) is 17.2 Å². The van der Waals surface area contributed by atoms with E-state index in [-0.39, 0.29) is 18.0 Å². The van der Waals surface area contributed by atoms with Gasteiger partial charge in [-0.1, -0.05) is 48.5 Å². The second kappa shape index (κ2) is 11.5. The van der Waals surface area contributed by atoms with Crippen LogP contribution < -0.4 is 14.4 Å². The lowest BCUT2D eigenvalue weighted by molar-refractivity contribution is -0.119. The number of amides is 1. The van der Waals surface area contributed by atoms with E-state index in [0.29, 0.717) is 18.0 Å². The van der Waals surface area contributed by atoms with Gasteiger partial charge in [0.15, 0.2) is 0 Å². The molecular weight excluding hydrogens is 492 g/mol. The zero-order valence-corrected chi connectivity index (χ0v) is 21.8. The molecule has 0 saturated carbocycles. The number of para-hydroxylation sites is 2. The molecule has 0 fully saturated rings. The van der Waals surface area contributed by atoms with E-state index in [4.69, 9.17) is 4.74 Å². The van der Waals surface area contributed by atoms with Crippen molar-refractivity contribution in [3.8, 4) is 5.75 Å². The van der Waals surface area contributed by atoms with Gasteiger partial charge in [-0.15, -0.1) is 11.8 Å². The predicted octanol–water partition coefficient (Wildman–Crippen LogP) is 5.47. The normalized spacial score (nSPS) is 11.3. The number of carbonyl (C=O) groups is 1. The molecule has 0 saturated heterocycles. The first-order chi connectivity index (χ1) is 17.4. The van der Waals surface area contributed by atoms with Crippen molar-refractivity contribution < 1.29 is 17.9 Å². The van der Waals surface area contributed by atoms with E-state index in [1.54, 1.807) is 48.5 Å². The summed E-state index contributed by atoms with van der Waals surface area (Å²) in [4.78, 5) is 14.1. The Hall–Kier alpha value is -3.49. The standard InChI is InChI=1S/C28H28N2O4S2/c1-3-34-27-11-7-6-10-26(27)30(36(32,33)25-16-14-24(35-2)15-17-25)20-28(31)29-19-21-12-13-22-8-4-5-9-23(22)18-21/h4-18H,3,19-20H2,1-2H3,(H,29,31). The van der Waals surface area contributed by atoms with Crippen LogP contribution in [0, 0.1) is 0 Å². The first kappa shape index (κ1) is 25.6. The lowest BCUT2D eigenvalue weighted by Gasteiger charge is -2.26. The van der Waals surface area contributed by atoms with Crippen LogP contribution in [0.4, 0.5) is 5.69 Å². The van der Waals surface area contributed by atoms with Gasteiger partial charge in [0, 0.05) is 11.4 Å². The minimum atomic E-state index is -4.04. The van der Waals surface area contributed by atoms with Crippen molar-refractivity contribution in [1.82, 2.24) is 5.32 Å². The van der Waals surface area contributed by atoms with E-state index in [1.165, 1.54) is 11.8 Å². The Morgan fingerprint density at radius 1 is 0.917 bits per heavy atom. The third kappa shape index (κ3) is 5.83. The highest BCUT2D eigenvalue weighted by atomic mass is 32.2. The Labute approximate surface area is 216 Å². The number of sulfonamides is 1. The number of thioether (sulfide) groups is 1. The summed E-state index contributed by atoms with van der Waals surface area (Å²) in [5.41, 5.74) is 1.24. The molecule has 8 heteroatoms. The summed E-state index contributed by atoms with van der Waals surface area (Å²) >= 11 is 1.53. The summed E-state index contributed by atoms with van der Waals surface area (Å²) < 4.78 is 34.3. The summed E-state index contributed by atoms with van der Waals surface area (Å²) in [6.07, 6.45) is 1.92. The molecule has 0 aliphatic carbocycles. The molecule has 0 aromatic heterocycles. The van der Waals surface area contributed by atoms with Crippen LogP contribution in [0.15, 0.2) is 101 Å². The third-order valence-electron chi connectivity index (χ3n) is 5.67. The average Bonchev–Trinajstić information content (AvgIpc) is 2.91. The Morgan fingerprint density at radius 3 is 2.33 bits per heavy atom. The fraction of sp³-hybridized carbons (Fsp3) is 0.179. The van der Waals surface area contributed by atoms with E-state index in [2.05, 4.69) is 5.32 Å². The number of ether oxygens (including phenoxy) is 1. The lowest BCUT2D eigenvalue weighted by Crippen LogP contribution is -2.40. The molecule has 0 heterocycles. The van der Waals surface area contributed by atoms with Gasteiger partial charge in [0.1, 0.15) is 12.3 Å². The Balaban J connectivity index is 1.60. The van der Waals surface area contributed by atoms with Crippen molar-refractivity contribution >= 4 is 44.2 Å². The van der Waals surface area contributed by atoms with Crippen LogP contribution in [0.5, 0.6) is 5.75 Å². The van der Waals surface area contributed by atoms with Crippen molar-refractivity contribution in [1.29, 1.82) is 0 Å². The SMILES string of the molecule is CCOc1ccccc1N(CC(=O)NCc1ccc2ccccc2c1)S(=O)(=O)c1ccc(SC)cc1. The first-order valence-electron chi connectivity index (χ1n) is 11.6. The largest absolute Gasteiger partial charge is 0.492 e. The average molecular weight is 521 g/mol. The molecule has 0 atom stereocenters. The van der Waals surface area contributed by atoms with Gasteiger partial charge < -0.3 is 10.1 Å². The number of hydrogen-bond donors (Lipinski definition) is 1. The zero-order chi connectivity index (χ0) is 25.5. The second-order valence-corrected chi connectivity index (χ2v) is 10.8. The number of anilines is 1. The van der Waals surface area contributed by atoms with Gasteiger partial charge in [-0.2, -0.15) is 0 Å². The van der Waals surface area contributed by atoms with Crippen LogP contribution in [0.25, 0.3) is 10.8 Å². The highest BCUT2D eigenvalue weighted by molar-refractivity contribution is 7.98. The lowest BCUT2D eigenvalue weighted by atomic mass is 10.1. The predicted molar refractivity (Wildman–Crippen MR) is 146 cm³/mol. The van der Waals surface area contributed by atoms with E-state index in [1.807, 2.05) is 55.6 Å². The van der Waals surface area contributed by atoms with E-state index in [0.717, 1.165) is 25.5 Å². The summed E-state index contributed by atoms with van der Waals surface area (Å²) in [6, 6.07) is 27.4. The number of nitrogens with one attached hydrogen (secondary N) is 1. The maximum atomic E-state index is 13.7. The van der Waals surface area contributed by atoms with Crippen LogP contribution in [-0.2, 0) is 21.4 Å². The van der Waals surface area contributed by atoms with E-state index >= 15 is 0 Å². The molecule has 4 aromatic carbocycles. The summed E-state index contributed by atoms with van der Waals surface area (Å²) in [5.74, 6) is -0.0228. The molecule has 186 valence electrons. The first-order valence-corrected chi connectivity index (χ1v) is 14.2. The molecule has 4 aromatic rings. The van der Waals surface area contributed by atoms with Gasteiger partial charge in [-0.25, -0.2) is 8.42 Å². The monoisotopic (exact) mass is 520 g/mol. The van der Waals surface area contributed by atoms with Gasteiger partial charge in [0.25, 0.3) is 10.0 Å². The van der Waals surface area contributed by atoms with Crippen LogP contribution in [0.3, 0.4) is 0 Å². The second-order valence-electron chi connectivity index (χ2n) is 8.05. The van der Waals surface area contributed by atoms with Crippen LogP contribution >= 0.6 is 11.8 Å². The zero-order valence-electron chi connectivity index (χ0n) is 20.2. The molecule has 6 nitrogen and oxygen atoms in total. The van der Waals surface area contributed by atoms with E-state index in [9.17, 15) is 13.2 Å². The van der Waals surface area contributed by atoms with Crippen molar-refractivity contribution in [3.63, 3.8) is 0 Å². The van der Waals surface area contributed by atoms with Crippen LogP contribution in [0.2, 0.25) is 0 Å². The third-order valence-corrected chi connectivity index (χ3v) is 8.19. The van der Waals surface area contributed by atoms with Gasteiger partial charge in [0.2, 0.25) is 5.91 Å². The van der Waals surface area contributed by atoms with Crippen LogP contribution in [0.1, 0.15) is 12.5 Å². The van der Waals surface area contributed by atoms with Crippen molar-refractivity contribution in [3.05, 3.63) is 96.6 Å². The molecule has 0 bridgehead atoms.